The van der Waals surface area contributed by atoms with Crippen LogP contribution in [0.25, 0.3) is 6.08 Å². The van der Waals surface area contributed by atoms with Crippen LogP contribution in [-0.4, -0.2) is 12.1 Å². The molecule has 3 nitrogen and oxygen atoms in total. The van der Waals surface area contributed by atoms with Gasteiger partial charge in [-0.1, -0.05) is 17.7 Å². The number of carbonyl (C=O) groups is 1. The fourth-order valence-electron chi connectivity index (χ4n) is 1.21. The zero-order valence-corrected chi connectivity index (χ0v) is 10.7. The van der Waals surface area contributed by atoms with Gasteiger partial charge in [0.05, 0.1) is 11.1 Å². The van der Waals surface area contributed by atoms with Crippen LogP contribution in [-0.2, 0) is 9.53 Å². The van der Waals surface area contributed by atoms with Gasteiger partial charge in [-0.3, -0.25) is 0 Å². The Balaban J connectivity index is 3.13. The molecule has 0 unspecified atom stereocenters. The Morgan fingerprint density at radius 2 is 2.22 bits per heavy atom. The Kier molecular flexibility index (Phi) is 4.87. The summed E-state index contributed by atoms with van der Waals surface area (Å²) in [4.78, 5) is 11.5. The smallest absolute Gasteiger partial charge is 0.349 e. The van der Waals surface area contributed by atoms with Crippen LogP contribution in [0.15, 0.2) is 23.8 Å². The number of benzene rings is 1. The summed E-state index contributed by atoms with van der Waals surface area (Å²) in [6.45, 7) is 3.31. The van der Waals surface area contributed by atoms with Crippen molar-refractivity contribution in [2.75, 3.05) is 0 Å². The van der Waals surface area contributed by atoms with Gasteiger partial charge in [0.2, 0.25) is 0 Å². The molecule has 1 rings (SSSR count). The summed E-state index contributed by atoms with van der Waals surface area (Å²) in [7, 11) is 0. The lowest BCUT2D eigenvalue weighted by molar-refractivity contribution is -0.142. The lowest BCUT2D eigenvalue weighted by atomic mass is 10.1. The van der Waals surface area contributed by atoms with E-state index in [-0.39, 0.29) is 22.3 Å². The summed E-state index contributed by atoms with van der Waals surface area (Å²) in [5.74, 6) is -1.40. The van der Waals surface area contributed by atoms with E-state index in [0.29, 0.717) is 0 Å². The quantitative estimate of drug-likeness (QED) is 0.479. The summed E-state index contributed by atoms with van der Waals surface area (Å²) >= 11 is 5.79. The average Bonchev–Trinajstić information content (AvgIpc) is 2.27. The highest BCUT2D eigenvalue weighted by atomic mass is 35.5. The minimum atomic E-state index is -0.799. The number of esters is 1. The van der Waals surface area contributed by atoms with Crippen molar-refractivity contribution in [3.8, 4) is 6.07 Å². The van der Waals surface area contributed by atoms with Crippen molar-refractivity contribution >= 4 is 23.6 Å². The lowest BCUT2D eigenvalue weighted by Crippen LogP contribution is -2.12. The molecule has 0 amide bonds. The van der Waals surface area contributed by atoms with E-state index in [9.17, 15) is 9.18 Å². The van der Waals surface area contributed by atoms with Crippen molar-refractivity contribution in [2.45, 2.75) is 20.0 Å². The van der Waals surface area contributed by atoms with E-state index in [1.807, 2.05) is 0 Å². The van der Waals surface area contributed by atoms with Crippen LogP contribution < -0.4 is 0 Å². The van der Waals surface area contributed by atoms with Crippen LogP contribution in [0.3, 0.4) is 0 Å². The Morgan fingerprint density at radius 3 is 2.72 bits per heavy atom. The van der Waals surface area contributed by atoms with E-state index in [1.54, 1.807) is 19.9 Å². The Hall–Kier alpha value is -1.86. The highest BCUT2D eigenvalue weighted by Gasteiger charge is 2.14. The molecular formula is C13H11ClFNO2. The van der Waals surface area contributed by atoms with Gasteiger partial charge in [-0.05, 0) is 32.1 Å². The molecule has 0 aliphatic heterocycles. The highest BCUT2D eigenvalue weighted by Crippen LogP contribution is 2.22. The monoisotopic (exact) mass is 267 g/mol. The fraction of sp³-hybridized carbons (Fsp3) is 0.231. The molecule has 0 saturated carbocycles. The number of nitrogens with zero attached hydrogens (tertiary/aromatic N) is 1. The minimum Gasteiger partial charge on any atom is -0.459 e. The maximum atomic E-state index is 13.5. The van der Waals surface area contributed by atoms with Crippen molar-refractivity contribution in [3.63, 3.8) is 0 Å². The molecule has 0 saturated heterocycles. The number of hydrogen-bond donors (Lipinski definition) is 0. The number of rotatable bonds is 3. The largest absolute Gasteiger partial charge is 0.459 e. The SMILES string of the molecule is CC(C)OC(=O)/C(C#N)=C/c1c(F)cccc1Cl. The summed E-state index contributed by atoms with van der Waals surface area (Å²) in [6, 6.07) is 5.78. The molecule has 0 heterocycles. The predicted molar refractivity (Wildman–Crippen MR) is 66.2 cm³/mol. The number of ether oxygens (including phenoxy) is 1. The zero-order chi connectivity index (χ0) is 13.7. The van der Waals surface area contributed by atoms with Crippen molar-refractivity contribution < 1.29 is 13.9 Å². The summed E-state index contributed by atoms with van der Waals surface area (Å²) < 4.78 is 18.3. The molecule has 5 heteroatoms. The van der Waals surface area contributed by atoms with Crippen LogP contribution in [0, 0.1) is 17.1 Å². The predicted octanol–water partition coefficient (Wildman–Crippen LogP) is 3.34. The second-order valence-electron chi connectivity index (χ2n) is 3.76. The molecule has 0 radical (unpaired) electrons. The molecule has 18 heavy (non-hydrogen) atoms. The first-order chi connectivity index (χ1) is 8.45. The Bertz CT molecular complexity index is 512. The molecule has 1 aromatic carbocycles. The third-order valence-corrected chi connectivity index (χ3v) is 2.30. The maximum Gasteiger partial charge on any atom is 0.349 e. The van der Waals surface area contributed by atoms with Crippen LogP contribution in [0.2, 0.25) is 5.02 Å². The first-order valence-electron chi connectivity index (χ1n) is 5.22. The second kappa shape index (κ2) is 6.18. The highest BCUT2D eigenvalue weighted by molar-refractivity contribution is 6.32. The van der Waals surface area contributed by atoms with Gasteiger partial charge in [0.15, 0.2) is 0 Å². The number of carbonyl (C=O) groups excluding carboxylic acids is 1. The molecule has 0 aliphatic carbocycles. The van der Waals surface area contributed by atoms with Gasteiger partial charge in [0, 0.05) is 5.56 Å². The van der Waals surface area contributed by atoms with Crippen LogP contribution in [0.4, 0.5) is 4.39 Å². The molecular weight excluding hydrogens is 257 g/mol. The second-order valence-corrected chi connectivity index (χ2v) is 4.17. The van der Waals surface area contributed by atoms with Gasteiger partial charge in [-0.15, -0.1) is 0 Å². The van der Waals surface area contributed by atoms with E-state index in [4.69, 9.17) is 21.6 Å². The van der Waals surface area contributed by atoms with Gasteiger partial charge in [0.1, 0.15) is 17.5 Å². The number of halogens is 2. The van der Waals surface area contributed by atoms with Gasteiger partial charge < -0.3 is 4.74 Å². The Morgan fingerprint density at radius 1 is 1.56 bits per heavy atom. The van der Waals surface area contributed by atoms with Crippen molar-refractivity contribution in [2.24, 2.45) is 0 Å². The van der Waals surface area contributed by atoms with Gasteiger partial charge in [0.25, 0.3) is 0 Å². The molecule has 0 spiro atoms. The number of nitriles is 1. The van der Waals surface area contributed by atoms with Crippen LogP contribution in [0.5, 0.6) is 0 Å². The minimum absolute atomic E-state index is 0.00331. The molecule has 1 aromatic rings. The van der Waals surface area contributed by atoms with Crippen molar-refractivity contribution in [3.05, 3.63) is 40.2 Å². The van der Waals surface area contributed by atoms with E-state index in [2.05, 4.69) is 0 Å². The molecule has 0 aliphatic rings. The van der Waals surface area contributed by atoms with Crippen LogP contribution in [0.1, 0.15) is 19.4 Å². The van der Waals surface area contributed by atoms with E-state index < -0.39 is 11.8 Å². The first kappa shape index (κ1) is 14.2. The summed E-state index contributed by atoms with van der Waals surface area (Å²) in [6.07, 6.45) is 0.730. The normalized spacial score (nSPS) is 11.2. The molecule has 0 fully saturated rings. The van der Waals surface area contributed by atoms with Crippen molar-refractivity contribution in [1.29, 1.82) is 5.26 Å². The molecule has 0 aromatic heterocycles. The fourth-order valence-corrected chi connectivity index (χ4v) is 1.42. The summed E-state index contributed by atoms with van der Waals surface area (Å²) in [5.41, 5.74) is -0.299. The third kappa shape index (κ3) is 3.57. The van der Waals surface area contributed by atoms with E-state index in [1.165, 1.54) is 18.2 Å². The molecule has 94 valence electrons. The average molecular weight is 268 g/mol. The van der Waals surface area contributed by atoms with Gasteiger partial charge in [-0.2, -0.15) is 5.26 Å². The Labute approximate surface area is 109 Å². The van der Waals surface area contributed by atoms with Gasteiger partial charge in [-0.25, -0.2) is 9.18 Å². The van der Waals surface area contributed by atoms with E-state index >= 15 is 0 Å². The molecule has 0 N–H and O–H groups in total. The lowest BCUT2D eigenvalue weighted by Gasteiger charge is -2.07. The molecule has 0 atom stereocenters. The van der Waals surface area contributed by atoms with Crippen LogP contribution >= 0.6 is 11.6 Å². The first-order valence-corrected chi connectivity index (χ1v) is 5.60. The van der Waals surface area contributed by atoms with E-state index in [0.717, 1.165) is 6.08 Å². The standard InChI is InChI=1S/C13H11ClFNO2/c1-8(2)18-13(17)9(7-16)6-10-11(14)4-3-5-12(10)15/h3-6,8H,1-2H3/b9-6+. The summed E-state index contributed by atoms with van der Waals surface area (Å²) in [5, 5.41) is 8.99. The maximum absolute atomic E-state index is 13.5. The third-order valence-electron chi connectivity index (χ3n) is 1.97. The van der Waals surface area contributed by atoms with Gasteiger partial charge >= 0.3 is 5.97 Å². The zero-order valence-electron chi connectivity index (χ0n) is 9.91. The molecule has 0 bridgehead atoms. The van der Waals surface area contributed by atoms with Crippen molar-refractivity contribution in [1.82, 2.24) is 0 Å². The number of hydrogen-bond acceptors (Lipinski definition) is 3. The topological polar surface area (TPSA) is 50.1 Å².